The van der Waals surface area contributed by atoms with E-state index in [1.54, 1.807) is 30.3 Å². The minimum atomic E-state index is -4.30. The lowest BCUT2D eigenvalue weighted by molar-refractivity contribution is -0.140. The Morgan fingerprint density at radius 3 is 2.00 bits per heavy atom. The van der Waals surface area contributed by atoms with Gasteiger partial charge in [0.15, 0.2) is 11.5 Å². The minimum absolute atomic E-state index is 0.0802. The van der Waals surface area contributed by atoms with Crippen LogP contribution in [0.2, 0.25) is 0 Å². The molecule has 47 heavy (non-hydrogen) atoms. The van der Waals surface area contributed by atoms with Gasteiger partial charge < -0.3 is 19.7 Å². The third-order valence-corrected chi connectivity index (χ3v) is 9.24. The van der Waals surface area contributed by atoms with Gasteiger partial charge in [-0.2, -0.15) is 0 Å². The highest BCUT2D eigenvalue weighted by molar-refractivity contribution is 7.92. The highest BCUT2D eigenvalue weighted by Crippen LogP contribution is 2.32. The summed E-state index contributed by atoms with van der Waals surface area (Å²) in [5.41, 5.74) is 2.40. The molecule has 0 aliphatic rings. The quantitative estimate of drug-likeness (QED) is 0.196. The zero-order valence-corrected chi connectivity index (χ0v) is 28.6. The molecule has 0 aromatic heterocycles. The van der Waals surface area contributed by atoms with E-state index < -0.39 is 34.1 Å². The second-order valence-electron chi connectivity index (χ2n) is 12.3. The van der Waals surface area contributed by atoms with Crippen molar-refractivity contribution in [2.45, 2.75) is 57.1 Å². The van der Waals surface area contributed by atoms with Gasteiger partial charge in [0.05, 0.1) is 24.8 Å². The van der Waals surface area contributed by atoms with Gasteiger partial charge in [-0.05, 0) is 63.1 Å². The Kier molecular flexibility index (Phi) is 11.3. The van der Waals surface area contributed by atoms with Gasteiger partial charge in [0.2, 0.25) is 11.8 Å². The SMILES string of the molecule is COc1ccc(S(=O)(=O)N(CC(=O)N(Cc2cccc(C)c2)[C@@H](Cc2ccccc2)C(=O)NC(C)(C)C)c2ccccc2)cc1OC. The molecule has 0 spiro atoms. The van der Waals surface area contributed by atoms with Gasteiger partial charge in [-0.15, -0.1) is 0 Å². The molecule has 1 atom stereocenters. The largest absolute Gasteiger partial charge is 0.493 e. The summed E-state index contributed by atoms with van der Waals surface area (Å²) in [6.07, 6.45) is 0.230. The Balaban J connectivity index is 1.82. The first-order valence-electron chi connectivity index (χ1n) is 15.3. The molecule has 0 unspecified atom stereocenters. The van der Waals surface area contributed by atoms with Gasteiger partial charge in [0, 0.05) is 24.6 Å². The summed E-state index contributed by atoms with van der Waals surface area (Å²) in [6.45, 7) is 7.13. The number of benzene rings is 4. The standard InChI is InChI=1S/C37H43N3O6S/c1-27-14-13-17-29(22-27)25-39(32(36(42)38-37(2,3)4)23-28-15-9-7-10-16-28)35(41)26-40(30-18-11-8-12-19-30)47(43,44)31-20-21-33(45-5)34(24-31)46-6/h7-22,24,32H,23,25-26H2,1-6H3,(H,38,42)/t32-/m0/s1. The maximum atomic E-state index is 14.6. The lowest BCUT2D eigenvalue weighted by Gasteiger charge is -2.35. The second kappa shape index (κ2) is 15.2. The molecule has 0 bridgehead atoms. The number of rotatable bonds is 13. The Labute approximate surface area is 278 Å². The third kappa shape index (κ3) is 9.13. The van der Waals surface area contributed by atoms with Gasteiger partial charge in [0.1, 0.15) is 12.6 Å². The predicted molar refractivity (Wildman–Crippen MR) is 184 cm³/mol. The predicted octanol–water partition coefficient (Wildman–Crippen LogP) is 5.76. The molecule has 0 aliphatic heterocycles. The monoisotopic (exact) mass is 657 g/mol. The van der Waals surface area contributed by atoms with Crippen molar-refractivity contribution >= 4 is 27.5 Å². The topological polar surface area (TPSA) is 105 Å². The van der Waals surface area contributed by atoms with Crippen LogP contribution < -0.4 is 19.1 Å². The van der Waals surface area contributed by atoms with Crippen LogP contribution in [-0.2, 0) is 32.6 Å². The second-order valence-corrected chi connectivity index (χ2v) is 14.2. The molecule has 0 saturated heterocycles. The highest BCUT2D eigenvalue weighted by atomic mass is 32.2. The van der Waals surface area contributed by atoms with Crippen LogP contribution in [0.15, 0.2) is 108 Å². The Bertz CT molecular complexity index is 1770. The van der Waals surface area contributed by atoms with Crippen LogP contribution in [0.4, 0.5) is 5.69 Å². The molecule has 0 heterocycles. The fourth-order valence-corrected chi connectivity index (χ4v) is 6.67. The number of amides is 2. The van der Waals surface area contributed by atoms with E-state index in [1.807, 2.05) is 82.3 Å². The average molecular weight is 658 g/mol. The lowest BCUT2D eigenvalue weighted by Crippen LogP contribution is -2.56. The average Bonchev–Trinajstić information content (AvgIpc) is 3.04. The van der Waals surface area contributed by atoms with Crippen molar-refractivity contribution in [3.05, 3.63) is 120 Å². The normalized spacial score (nSPS) is 12.1. The number of aryl methyl sites for hydroxylation is 1. The fraction of sp³-hybridized carbons (Fsp3) is 0.297. The zero-order valence-electron chi connectivity index (χ0n) is 27.8. The summed E-state index contributed by atoms with van der Waals surface area (Å²) < 4.78 is 40.4. The molecular formula is C37H43N3O6S. The number of anilines is 1. The van der Waals surface area contributed by atoms with E-state index >= 15 is 0 Å². The molecule has 4 aromatic carbocycles. The number of nitrogens with one attached hydrogen (secondary N) is 1. The number of hydrogen-bond donors (Lipinski definition) is 1. The number of carbonyl (C=O) groups excluding carboxylic acids is 2. The molecule has 248 valence electrons. The maximum Gasteiger partial charge on any atom is 0.264 e. The van der Waals surface area contributed by atoms with Crippen molar-refractivity contribution in [1.29, 1.82) is 0 Å². The first-order valence-corrected chi connectivity index (χ1v) is 16.8. The van der Waals surface area contributed by atoms with E-state index in [4.69, 9.17) is 9.47 Å². The molecule has 1 N–H and O–H groups in total. The number of ether oxygens (including phenoxy) is 2. The van der Waals surface area contributed by atoms with Crippen molar-refractivity contribution in [3.8, 4) is 11.5 Å². The first kappa shape index (κ1) is 35.0. The van der Waals surface area contributed by atoms with Gasteiger partial charge in [0.25, 0.3) is 10.0 Å². The summed E-state index contributed by atoms with van der Waals surface area (Å²) >= 11 is 0. The third-order valence-electron chi connectivity index (χ3n) is 7.47. The van der Waals surface area contributed by atoms with E-state index in [1.165, 1.54) is 37.3 Å². The number of carbonyl (C=O) groups is 2. The molecule has 2 amide bonds. The number of para-hydroxylation sites is 1. The zero-order chi connectivity index (χ0) is 34.2. The molecular weight excluding hydrogens is 614 g/mol. The van der Waals surface area contributed by atoms with E-state index in [0.717, 1.165) is 21.0 Å². The summed E-state index contributed by atoms with van der Waals surface area (Å²) in [4.78, 5) is 30.0. The Morgan fingerprint density at radius 2 is 1.40 bits per heavy atom. The molecule has 0 saturated carbocycles. The van der Waals surface area contributed by atoms with Crippen molar-refractivity contribution in [1.82, 2.24) is 10.2 Å². The fourth-order valence-electron chi connectivity index (χ4n) is 5.24. The molecule has 10 heteroatoms. The molecule has 0 radical (unpaired) electrons. The van der Waals surface area contributed by atoms with Gasteiger partial charge in [-0.3, -0.25) is 13.9 Å². The van der Waals surface area contributed by atoms with Crippen LogP contribution in [0.5, 0.6) is 11.5 Å². The van der Waals surface area contributed by atoms with E-state index in [9.17, 15) is 18.0 Å². The highest BCUT2D eigenvalue weighted by Gasteiger charge is 2.36. The molecule has 0 aliphatic carbocycles. The van der Waals surface area contributed by atoms with Crippen molar-refractivity contribution in [2.24, 2.45) is 0 Å². The van der Waals surface area contributed by atoms with Gasteiger partial charge >= 0.3 is 0 Å². The maximum absolute atomic E-state index is 14.6. The minimum Gasteiger partial charge on any atom is -0.493 e. The van der Waals surface area contributed by atoms with Crippen LogP contribution in [-0.4, -0.2) is 57.5 Å². The Hall–Kier alpha value is -4.83. The summed E-state index contributed by atoms with van der Waals surface area (Å²) in [5, 5.41) is 3.05. The van der Waals surface area contributed by atoms with Crippen molar-refractivity contribution < 1.29 is 27.5 Å². The van der Waals surface area contributed by atoms with Crippen LogP contribution in [0, 0.1) is 6.92 Å². The Morgan fingerprint density at radius 1 is 0.787 bits per heavy atom. The number of sulfonamides is 1. The molecule has 4 aromatic rings. The summed E-state index contributed by atoms with van der Waals surface area (Å²) in [6, 6.07) is 29.0. The molecule has 9 nitrogen and oxygen atoms in total. The number of methoxy groups -OCH3 is 2. The van der Waals surface area contributed by atoms with Crippen LogP contribution >= 0.6 is 0 Å². The van der Waals surface area contributed by atoms with Crippen LogP contribution in [0.1, 0.15) is 37.5 Å². The molecule has 4 rings (SSSR count). The lowest BCUT2D eigenvalue weighted by atomic mass is 10.0. The summed E-state index contributed by atoms with van der Waals surface area (Å²) in [5.74, 6) is -0.275. The number of nitrogens with zero attached hydrogens (tertiary/aromatic N) is 2. The van der Waals surface area contributed by atoms with E-state index in [2.05, 4.69) is 5.32 Å². The first-order chi connectivity index (χ1) is 22.3. The van der Waals surface area contributed by atoms with Crippen LogP contribution in [0.25, 0.3) is 0 Å². The van der Waals surface area contributed by atoms with E-state index in [0.29, 0.717) is 11.4 Å². The smallest absolute Gasteiger partial charge is 0.264 e. The summed E-state index contributed by atoms with van der Waals surface area (Å²) in [7, 11) is -1.42. The van der Waals surface area contributed by atoms with Crippen molar-refractivity contribution in [3.63, 3.8) is 0 Å². The van der Waals surface area contributed by atoms with Crippen molar-refractivity contribution in [2.75, 3.05) is 25.1 Å². The van der Waals surface area contributed by atoms with Gasteiger partial charge in [-0.1, -0.05) is 78.4 Å². The van der Waals surface area contributed by atoms with Gasteiger partial charge in [-0.25, -0.2) is 8.42 Å². The number of hydrogen-bond acceptors (Lipinski definition) is 6. The van der Waals surface area contributed by atoms with E-state index in [-0.39, 0.29) is 29.5 Å². The molecule has 0 fully saturated rings. The van der Waals surface area contributed by atoms with Crippen LogP contribution in [0.3, 0.4) is 0 Å².